The van der Waals surface area contributed by atoms with E-state index in [4.69, 9.17) is 11.1 Å². The van der Waals surface area contributed by atoms with Gasteiger partial charge < -0.3 is 30.8 Å². The number of nitrogens with zero attached hydrogens (tertiary/aromatic N) is 6. The third kappa shape index (κ3) is 9.90. The summed E-state index contributed by atoms with van der Waals surface area (Å²) < 4.78 is 4.54. The Labute approximate surface area is 310 Å². The average molecular weight is 868 g/mol. The quantitative estimate of drug-likeness (QED) is 0.0519. The molecule has 0 aliphatic carbocycles. The molecule has 3 aromatic heterocycles. The Kier molecular flexibility index (Phi) is 14.3. The normalized spacial score (nSPS) is 10.7. The van der Waals surface area contributed by atoms with E-state index in [0.29, 0.717) is 46.4 Å². The fourth-order valence-corrected chi connectivity index (χ4v) is 5.68. The minimum atomic E-state index is -0.489. The summed E-state index contributed by atoms with van der Waals surface area (Å²) in [5, 5.41) is 24.6. The SMILES string of the molecule is Br.Cn1cc(NC(=O)c2cc(NC(=O)c3cc(N(C(=O)c4ccccc4)N(CCBr)CCBr)nn3C)cn2C)cc1C(=O)NCCC(=N)N. The van der Waals surface area contributed by atoms with E-state index in [1.165, 1.54) is 21.8 Å². The maximum Gasteiger partial charge on any atom is 0.274 e. The van der Waals surface area contributed by atoms with Gasteiger partial charge in [0, 0.05) is 81.9 Å². The number of carbonyl (C=O) groups is 4. The molecule has 6 N–H and O–H groups in total. The summed E-state index contributed by atoms with van der Waals surface area (Å²) in [6.07, 6.45) is 3.43. The lowest BCUT2D eigenvalue weighted by atomic mass is 10.2. The predicted molar refractivity (Wildman–Crippen MR) is 202 cm³/mol. The third-order valence-corrected chi connectivity index (χ3v) is 7.88. The number of nitrogens with one attached hydrogen (secondary N) is 4. The Bertz CT molecular complexity index is 1800. The van der Waals surface area contributed by atoms with Crippen LogP contribution in [0.2, 0.25) is 0 Å². The first-order valence-electron chi connectivity index (χ1n) is 14.8. The molecule has 0 radical (unpaired) electrons. The van der Waals surface area contributed by atoms with E-state index in [2.05, 4.69) is 52.9 Å². The molecule has 1 aromatic carbocycles. The number of hydrogen-bond donors (Lipinski definition) is 5. The number of halogens is 3. The van der Waals surface area contributed by atoms with Crippen LogP contribution in [0.15, 0.2) is 60.9 Å². The van der Waals surface area contributed by atoms with Crippen LogP contribution in [0.5, 0.6) is 0 Å². The molecule has 0 atom stereocenters. The van der Waals surface area contributed by atoms with E-state index < -0.39 is 11.8 Å². The van der Waals surface area contributed by atoms with E-state index in [9.17, 15) is 19.2 Å². The van der Waals surface area contributed by atoms with Gasteiger partial charge in [0.15, 0.2) is 5.82 Å². The van der Waals surface area contributed by atoms with Crippen molar-refractivity contribution in [2.24, 2.45) is 26.9 Å². The fourth-order valence-electron chi connectivity index (χ4n) is 4.86. The van der Waals surface area contributed by atoms with Crippen molar-refractivity contribution in [3.05, 3.63) is 83.6 Å². The number of nitrogens with two attached hydrogens (primary N) is 1. The molecule has 0 aliphatic heterocycles. The van der Waals surface area contributed by atoms with E-state index in [1.54, 1.807) is 73.0 Å². The van der Waals surface area contributed by atoms with Gasteiger partial charge in [-0.2, -0.15) is 5.10 Å². The van der Waals surface area contributed by atoms with Crippen molar-refractivity contribution in [2.45, 2.75) is 6.42 Å². The number of carbonyl (C=O) groups excluding carboxylic acids is 4. The molecule has 49 heavy (non-hydrogen) atoms. The Morgan fingerprint density at radius 3 is 1.90 bits per heavy atom. The summed E-state index contributed by atoms with van der Waals surface area (Å²) in [6, 6.07) is 13.5. The zero-order chi connectivity index (χ0) is 35.0. The number of hydrogen-bond acceptors (Lipinski definition) is 7. The van der Waals surface area contributed by atoms with Crippen LogP contribution in [0.3, 0.4) is 0 Å². The monoisotopic (exact) mass is 865 g/mol. The van der Waals surface area contributed by atoms with Crippen LogP contribution in [0, 0.1) is 5.41 Å². The molecule has 4 rings (SSSR count). The molecule has 0 fully saturated rings. The first kappa shape index (κ1) is 39.2. The fraction of sp³-hybridized carbons (Fsp3) is 0.290. The van der Waals surface area contributed by atoms with Crippen LogP contribution < -0.4 is 26.7 Å². The van der Waals surface area contributed by atoms with Gasteiger partial charge in [0.1, 0.15) is 17.1 Å². The van der Waals surface area contributed by atoms with Gasteiger partial charge in [-0.05, 0) is 24.3 Å². The van der Waals surface area contributed by atoms with Gasteiger partial charge in [-0.15, -0.1) is 17.0 Å². The van der Waals surface area contributed by atoms with Crippen molar-refractivity contribution in [3.63, 3.8) is 0 Å². The molecule has 4 amide bonds. The molecule has 0 saturated carbocycles. The minimum absolute atomic E-state index is 0. The number of anilines is 3. The summed E-state index contributed by atoms with van der Waals surface area (Å²) in [6.45, 7) is 1.24. The Balaban J connectivity index is 0.00000650. The minimum Gasteiger partial charge on any atom is -0.388 e. The van der Waals surface area contributed by atoms with Crippen molar-refractivity contribution in [3.8, 4) is 0 Å². The van der Waals surface area contributed by atoms with Crippen LogP contribution in [-0.4, -0.2) is 83.7 Å². The van der Waals surface area contributed by atoms with Crippen LogP contribution in [-0.2, 0) is 21.1 Å². The van der Waals surface area contributed by atoms with E-state index in [0.717, 1.165) is 0 Å². The molecule has 0 unspecified atom stereocenters. The Morgan fingerprint density at radius 2 is 1.37 bits per heavy atom. The van der Waals surface area contributed by atoms with Crippen molar-refractivity contribution < 1.29 is 19.2 Å². The van der Waals surface area contributed by atoms with Gasteiger partial charge in [-0.1, -0.05) is 50.1 Å². The number of hydrazine groups is 1. The highest BCUT2D eigenvalue weighted by Crippen LogP contribution is 2.23. The second-order valence-electron chi connectivity index (χ2n) is 10.7. The Hall–Kier alpha value is -4.26. The van der Waals surface area contributed by atoms with Crippen molar-refractivity contribution in [1.29, 1.82) is 5.41 Å². The molecule has 0 aliphatic rings. The topological polar surface area (TPSA) is 188 Å². The lowest BCUT2D eigenvalue weighted by Gasteiger charge is -2.32. The highest BCUT2D eigenvalue weighted by atomic mass is 79.9. The number of aromatic nitrogens is 4. The van der Waals surface area contributed by atoms with Gasteiger partial charge in [0.05, 0.1) is 17.2 Å². The maximum atomic E-state index is 13.7. The molecular weight excluding hydrogens is 830 g/mol. The molecule has 18 heteroatoms. The van der Waals surface area contributed by atoms with Gasteiger partial charge in [0.25, 0.3) is 23.6 Å². The molecule has 3 heterocycles. The van der Waals surface area contributed by atoms with Gasteiger partial charge in [0.2, 0.25) is 0 Å². The van der Waals surface area contributed by atoms with Crippen LogP contribution in [0.25, 0.3) is 0 Å². The number of amidine groups is 1. The van der Waals surface area contributed by atoms with Gasteiger partial charge in [-0.3, -0.25) is 29.3 Å². The molecule has 0 spiro atoms. The third-order valence-electron chi connectivity index (χ3n) is 7.17. The molecule has 0 saturated heterocycles. The molecule has 262 valence electrons. The summed E-state index contributed by atoms with van der Waals surface area (Å²) >= 11 is 6.93. The van der Waals surface area contributed by atoms with Crippen molar-refractivity contribution in [2.75, 3.05) is 45.9 Å². The predicted octanol–water partition coefficient (Wildman–Crippen LogP) is 3.89. The summed E-state index contributed by atoms with van der Waals surface area (Å²) in [5.74, 6) is -1.35. The first-order chi connectivity index (χ1) is 22.9. The van der Waals surface area contributed by atoms with E-state index in [-0.39, 0.29) is 64.8 Å². The van der Waals surface area contributed by atoms with Crippen LogP contribution in [0.4, 0.5) is 17.2 Å². The zero-order valence-electron chi connectivity index (χ0n) is 27.1. The van der Waals surface area contributed by atoms with Gasteiger partial charge >= 0.3 is 0 Å². The summed E-state index contributed by atoms with van der Waals surface area (Å²) in [7, 11) is 4.96. The highest BCUT2D eigenvalue weighted by molar-refractivity contribution is 9.09. The number of alkyl halides is 2. The Morgan fingerprint density at radius 1 is 0.837 bits per heavy atom. The second-order valence-corrected chi connectivity index (χ2v) is 12.3. The smallest absolute Gasteiger partial charge is 0.274 e. The van der Waals surface area contributed by atoms with Crippen LogP contribution >= 0.6 is 48.8 Å². The lowest BCUT2D eigenvalue weighted by molar-refractivity contribution is 0.0900. The summed E-state index contributed by atoms with van der Waals surface area (Å²) in [5.41, 5.74) is 7.35. The van der Waals surface area contributed by atoms with Crippen LogP contribution in [0.1, 0.15) is 48.2 Å². The first-order valence-corrected chi connectivity index (χ1v) is 17.0. The number of rotatable bonds is 15. The number of benzene rings is 1. The largest absolute Gasteiger partial charge is 0.388 e. The number of amides is 4. The number of aryl methyl sites for hydroxylation is 3. The average Bonchev–Trinajstić information content (AvgIpc) is 3.73. The van der Waals surface area contributed by atoms with E-state index in [1.807, 2.05) is 11.1 Å². The molecule has 4 aromatic rings. The van der Waals surface area contributed by atoms with Crippen molar-refractivity contribution >= 4 is 95.5 Å². The second kappa shape index (κ2) is 17.9. The maximum absolute atomic E-state index is 13.7. The lowest BCUT2D eigenvalue weighted by Crippen LogP contribution is -2.49. The van der Waals surface area contributed by atoms with E-state index >= 15 is 0 Å². The molecular formula is C31H38Br3N11O4. The summed E-state index contributed by atoms with van der Waals surface area (Å²) in [4.78, 5) is 52.8. The van der Waals surface area contributed by atoms with Crippen molar-refractivity contribution in [1.82, 2.24) is 29.2 Å². The van der Waals surface area contributed by atoms with Gasteiger partial charge in [-0.25, -0.2) is 10.0 Å². The molecule has 0 bridgehead atoms. The zero-order valence-corrected chi connectivity index (χ0v) is 32.0. The standard InChI is InChI=1S/C31H37Br2N11O4.BrH/c1-40-18-21(15-23(40)28(45)36-12-9-26(34)35)37-29(46)24-16-22(19-41(24)2)38-30(47)25-17-27(39-42(25)3)44(43(13-10-32)14-11-33)31(48)20-7-5-4-6-8-20;/h4-8,15-19H,9-14H2,1-3H3,(H3,34,35)(H,36,45)(H,37,46)(H,38,47);1H. The highest BCUT2D eigenvalue weighted by Gasteiger charge is 2.28. The molecule has 15 nitrogen and oxygen atoms in total.